The molecule has 2 atom stereocenters. The number of hydrogen-bond donors (Lipinski definition) is 3. The van der Waals surface area contributed by atoms with Crippen molar-refractivity contribution in [3.63, 3.8) is 0 Å². The first kappa shape index (κ1) is 32.9. The smallest absolute Gasteiger partial charge is 0.408 e. The molecule has 0 bridgehead atoms. The van der Waals surface area contributed by atoms with Crippen molar-refractivity contribution in [1.29, 1.82) is 0 Å². The van der Waals surface area contributed by atoms with Crippen LogP contribution in [-0.2, 0) is 14.3 Å². The van der Waals surface area contributed by atoms with E-state index in [1.165, 1.54) is 0 Å². The molecular weight excluding hydrogens is 522 g/mol. The van der Waals surface area contributed by atoms with Crippen LogP contribution in [0.4, 0.5) is 10.5 Å². The summed E-state index contributed by atoms with van der Waals surface area (Å²) in [5.41, 5.74) is 2.34. The molecule has 0 aliphatic carbocycles. The van der Waals surface area contributed by atoms with Crippen molar-refractivity contribution in [2.24, 2.45) is 0 Å². The molecule has 3 amide bonds. The Morgan fingerprint density at radius 1 is 1.05 bits per heavy atom. The van der Waals surface area contributed by atoms with Gasteiger partial charge in [0.2, 0.25) is 5.91 Å². The molecule has 7 nitrogen and oxygen atoms in total. The van der Waals surface area contributed by atoms with Crippen molar-refractivity contribution in [1.82, 2.24) is 10.2 Å². The number of ether oxygens (including phenoxy) is 1. The number of nitrogens with one attached hydrogen (secondary N) is 2. The number of rotatable bonds is 14. The van der Waals surface area contributed by atoms with Crippen molar-refractivity contribution in [2.45, 2.75) is 84.4 Å². The van der Waals surface area contributed by atoms with E-state index in [4.69, 9.17) is 4.74 Å². The van der Waals surface area contributed by atoms with Gasteiger partial charge in [0.15, 0.2) is 0 Å². The Labute approximate surface area is 245 Å². The highest BCUT2D eigenvalue weighted by atomic mass is 32.1. The second-order valence-electron chi connectivity index (χ2n) is 10.9. The maximum Gasteiger partial charge on any atom is 0.408 e. The monoisotopic (exact) mass is 567 g/mol. The number of nitrogens with zero attached hydrogens (tertiary/aromatic N) is 1. The van der Waals surface area contributed by atoms with Gasteiger partial charge in [0.1, 0.15) is 17.7 Å². The quantitative estimate of drug-likeness (QED) is 0.170. The summed E-state index contributed by atoms with van der Waals surface area (Å²) in [4.78, 5) is 42.3. The lowest BCUT2D eigenvalue weighted by atomic mass is 9.99. The van der Waals surface area contributed by atoms with Crippen LogP contribution in [-0.4, -0.2) is 46.7 Å². The van der Waals surface area contributed by atoms with Gasteiger partial charge in [-0.25, -0.2) is 4.79 Å². The van der Waals surface area contributed by atoms with Gasteiger partial charge in [-0.05, 0) is 62.9 Å². The van der Waals surface area contributed by atoms with E-state index in [1.807, 2.05) is 55.5 Å². The summed E-state index contributed by atoms with van der Waals surface area (Å²) >= 11 is 4.37. The molecule has 0 fully saturated rings. The van der Waals surface area contributed by atoms with E-state index >= 15 is 0 Å². The van der Waals surface area contributed by atoms with E-state index in [-0.39, 0.29) is 11.7 Å². The van der Waals surface area contributed by atoms with Gasteiger partial charge in [-0.3, -0.25) is 9.59 Å². The van der Waals surface area contributed by atoms with Crippen LogP contribution >= 0.6 is 12.6 Å². The van der Waals surface area contributed by atoms with Crippen LogP contribution in [0.25, 0.3) is 6.08 Å². The summed E-state index contributed by atoms with van der Waals surface area (Å²) in [6, 6.07) is 13.0. The number of para-hydroxylation sites is 1. The molecule has 0 aliphatic heterocycles. The van der Waals surface area contributed by atoms with E-state index < -0.39 is 29.7 Å². The summed E-state index contributed by atoms with van der Waals surface area (Å²) < 4.78 is 5.40. The third-order valence-electron chi connectivity index (χ3n) is 6.38. The van der Waals surface area contributed by atoms with Crippen molar-refractivity contribution < 1.29 is 19.1 Å². The maximum absolute atomic E-state index is 14.1. The molecule has 218 valence electrons. The Morgan fingerprint density at radius 3 is 2.38 bits per heavy atom. The Kier molecular flexibility index (Phi) is 13.3. The molecular formula is C32H45N3O4S. The second kappa shape index (κ2) is 16.1. The van der Waals surface area contributed by atoms with Gasteiger partial charge in [-0.2, -0.15) is 12.6 Å². The topological polar surface area (TPSA) is 87.7 Å². The standard InChI is InChI=1S/C32H45N3O4S/c1-7-9-10-11-14-20-35(30(37)27(22-40)34-31(38)39-32(4,5)6)28(25-18-15-17-24(8-2)21-25)29(36)33-26-19-13-12-16-23(26)3/h8,12-13,15-19,21,27-28,40H,2,7,9-11,14,20,22H2,1,3-6H3,(H,33,36)(H,34,38). The first-order valence-electron chi connectivity index (χ1n) is 14.0. The number of alkyl carbamates (subject to hydrolysis) is 1. The Morgan fingerprint density at radius 2 is 1.75 bits per heavy atom. The highest BCUT2D eigenvalue weighted by Gasteiger charge is 2.36. The fourth-order valence-corrected chi connectivity index (χ4v) is 4.58. The van der Waals surface area contributed by atoms with E-state index in [9.17, 15) is 14.4 Å². The Bertz CT molecular complexity index is 1140. The predicted octanol–water partition coefficient (Wildman–Crippen LogP) is 6.94. The van der Waals surface area contributed by atoms with Crippen molar-refractivity contribution in [2.75, 3.05) is 17.6 Å². The molecule has 0 heterocycles. The molecule has 2 unspecified atom stereocenters. The minimum Gasteiger partial charge on any atom is -0.444 e. The summed E-state index contributed by atoms with van der Waals surface area (Å²) in [5, 5.41) is 5.70. The zero-order valence-corrected chi connectivity index (χ0v) is 25.4. The van der Waals surface area contributed by atoms with Gasteiger partial charge in [-0.1, -0.05) is 81.7 Å². The Balaban J connectivity index is 2.51. The SMILES string of the molecule is C=Cc1cccc(C(C(=O)Nc2ccccc2C)N(CCCCCCC)C(=O)C(CS)NC(=O)OC(C)(C)C)c1. The van der Waals surface area contributed by atoms with Crippen LogP contribution in [0.3, 0.4) is 0 Å². The number of anilines is 1. The maximum atomic E-state index is 14.1. The van der Waals surface area contributed by atoms with E-state index in [1.54, 1.807) is 31.7 Å². The van der Waals surface area contributed by atoms with Crippen LogP contribution in [0, 0.1) is 6.92 Å². The van der Waals surface area contributed by atoms with Crippen molar-refractivity contribution >= 4 is 42.3 Å². The number of thiol groups is 1. The molecule has 2 N–H and O–H groups in total. The minimum absolute atomic E-state index is 0.0449. The average Bonchev–Trinajstić information content (AvgIpc) is 2.90. The van der Waals surface area contributed by atoms with E-state index in [0.717, 1.165) is 36.8 Å². The molecule has 0 saturated carbocycles. The van der Waals surface area contributed by atoms with E-state index in [0.29, 0.717) is 24.2 Å². The van der Waals surface area contributed by atoms with Gasteiger partial charge in [0.05, 0.1) is 0 Å². The summed E-state index contributed by atoms with van der Waals surface area (Å²) in [7, 11) is 0. The molecule has 2 aromatic rings. The first-order valence-corrected chi connectivity index (χ1v) is 14.6. The van der Waals surface area contributed by atoms with Crippen LogP contribution in [0.2, 0.25) is 0 Å². The third kappa shape index (κ3) is 10.4. The van der Waals surface area contributed by atoms with Gasteiger partial charge < -0.3 is 20.3 Å². The molecule has 2 rings (SSSR count). The number of amides is 3. The zero-order valence-electron chi connectivity index (χ0n) is 24.5. The molecule has 40 heavy (non-hydrogen) atoms. The van der Waals surface area contributed by atoms with Crippen LogP contribution < -0.4 is 10.6 Å². The third-order valence-corrected chi connectivity index (χ3v) is 6.75. The number of carbonyl (C=O) groups is 3. The summed E-state index contributed by atoms with van der Waals surface area (Å²) in [5.74, 6) is -0.693. The lowest BCUT2D eigenvalue weighted by Crippen LogP contribution is -2.53. The number of carbonyl (C=O) groups excluding carboxylic acids is 3. The molecule has 0 saturated heterocycles. The van der Waals surface area contributed by atoms with Crippen LogP contribution in [0.5, 0.6) is 0 Å². The molecule has 0 aromatic heterocycles. The number of unbranched alkanes of at least 4 members (excludes halogenated alkanes) is 4. The van der Waals surface area contributed by atoms with Gasteiger partial charge in [0.25, 0.3) is 5.91 Å². The highest BCUT2D eigenvalue weighted by Crippen LogP contribution is 2.27. The minimum atomic E-state index is -0.981. The van der Waals surface area contributed by atoms with E-state index in [2.05, 4.69) is 36.8 Å². The number of hydrogen-bond acceptors (Lipinski definition) is 5. The normalized spacial score (nSPS) is 12.7. The lowest BCUT2D eigenvalue weighted by molar-refractivity contribution is -0.140. The molecule has 2 aromatic carbocycles. The Hall–Kier alpha value is -3.26. The number of benzene rings is 2. The summed E-state index contributed by atoms with van der Waals surface area (Å²) in [6.45, 7) is 13.5. The predicted molar refractivity (Wildman–Crippen MR) is 167 cm³/mol. The fourth-order valence-electron chi connectivity index (χ4n) is 4.33. The van der Waals surface area contributed by atoms with Crippen molar-refractivity contribution in [3.05, 3.63) is 71.8 Å². The summed E-state index contributed by atoms with van der Waals surface area (Å²) in [6.07, 6.45) is 5.87. The fraction of sp³-hybridized carbons (Fsp3) is 0.469. The molecule has 8 heteroatoms. The van der Waals surface area contributed by atoms with Gasteiger partial charge in [0, 0.05) is 18.0 Å². The first-order chi connectivity index (χ1) is 19.0. The van der Waals surface area contributed by atoms with Crippen LogP contribution in [0.15, 0.2) is 55.1 Å². The molecule has 0 aliphatic rings. The molecule has 0 spiro atoms. The zero-order chi connectivity index (χ0) is 29.7. The number of aryl methyl sites for hydroxylation is 1. The lowest BCUT2D eigenvalue weighted by Gasteiger charge is -2.34. The second-order valence-corrected chi connectivity index (χ2v) is 11.3. The van der Waals surface area contributed by atoms with Crippen molar-refractivity contribution in [3.8, 4) is 0 Å². The highest BCUT2D eigenvalue weighted by molar-refractivity contribution is 7.80. The van der Waals surface area contributed by atoms with Gasteiger partial charge >= 0.3 is 6.09 Å². The molecule has 0 radical (unpaired) electrons. The van der Waals surface area contributed by atoms with Gasteiger partial charge in [-0.15, -0.1) is 0 Å². The average molecular weight is 568 g/mol. The largest absolute Gasteiger partial charge is 0.444 e. The van der Waals surface area contributed by atoms with Crippen LogP contribution in [0.1, 0.15) is 82.5 Å².